The Hall–Kier alpha value is -3.25. The van der Waals surface area contributed by atoms with Gasteiger partial charge in [0.15, 0.2) is 0 Å². The fraction of sp³-hybridized carbons (Fsp3) is 0.125. The SMILES string of the molecule is Cc1ccc2c(c1)C(C=O)C(c1ccc(F)cc1)=C(c1ccc(C[SH](=O)=O)cc1)O2. The third-order valence-electron chi connectivity index (χ3n) is 5.09. The van der Waals surface area contributed by atoms with E-state index in [4.69, 9.17) is 4.74 Å². The summed E-state index contributed by atoms with van der Waals surface area (Å²) < 4.78 is 41.8. The van der Waals surface area contributed by atoms with Gasteiger partial charge in [0, 0.05) is 16.7 Å². The summed E-state index contributed by atoms with van der Waals surface area (Å²) in [6, 6.07) is 18.6. The van der Waals surface area contributed by atoms with Gasteiger partial charge in [0.2, 0.25) is 0 Å². The second kappa shape index (κ2) is 8.24. The van der Waals surface area contributed by atoms with Crippen molar-refractivity contribution in [3.05, 3.63) is 100 Å². The first-order valence-electron chi connectivity index (χ1n) is 9.41. The van der Waals surface area contributed by atoms with Crippen LogP contribution in [0.25, 0.3) is 11.3 Å². The summed E-state index contributed by atoms with van der Waals surface area (Å²) in [5.74, 6) is 0.0928. The molecule has 1 aliphatic heterocycles. The van der Waals surface area contributed by atoms with E-state index in [1.54, 1.807) is 36.4 Å². The Morgan fingerprint density at radius 2 is 1.63 bits per heavy atom. The van der Waals surface area contributed by atoms with E-state index in [2.05, 4.69) is 0 Å². The summed E-state index contributed by atoms with van der Waals surface area (Å²) >= 11 is 0. The van der Waals surface area contributed by atoms with Crippen LogP contribution >= 0.6 is 0 Å². The Morgan fingerprint density at radius 1 is 0.967 bits per heavy atom. The number of carbonyl (C=O) groups excluding carboxylic acids is 1. The van der Waals surface area contributed by atoms with Gasteiger partial charge in [-0.05, 0) is 36.2 Å². The molecule has 30 heavy (non-hydrogen) atoms. The number of halogens is 1. The van der Waals surface area contributed by atoms with Gasteiger partial charge < -0.3 is 9.53 Å². The third kappa shape index (κ3) is 3.91. The summed E-state index contributed by atoms with van der Waals surface area (Å²) in [5.41, 5.74) is 4.46. The molecule has 4 nitrogen and oxygen atoms in total. The van der Waals surface area contributed by atoms with E-state index in [0.29, 0.717) is 33.8 Å². The van der Waals surface area contributed by atoms with E-state index in [0.717, 1.165) is 17.4 Å². The zero-order valence-electron chi connectivity index (χ0n) is 16.2. The Kier molecular flexibility index (Phi) is 5.50. The maximum Gasteiger partial charge on any atom is 0.144 e. The first-order chi connectivity index (χ1) is 14.5. The van der Waals surface area contributed by atoms with Crippen molar-refractivity contribution in [3.63, 3.8) is 0 Å². The highest BCUT2D eigenvalue weighted by molar-refractivity contribution is 7.71. The minimum atomic E-state index is -2.52. The molecule has 1 atom stereocenters. The summed E-state index contributed by atoms with van der Waals surface area (Å²) in [6.45, 7) is 1.94. The topological polar surface area (TPSA) is 60.4 Å². The number of thiol groups is 1. The van der Waals surface area contributed by atoms with Crippen molar-refractivity contribution in [1.82, 2.24) is 0 Å². The average Bonchev–Trinajstić information content (AvgIpc) is 2.73. The summed E-state index contributed by atoms with van der Waals surface area (Å²) in [7, 11) is -2.52. The Labute approximate surface area is 175 Å². The number of aryl methyl sites for hydroxylation is 1. The van der Waals surface area contributed by atoms with E-state index in [1.807, 2.05) is 25.1 Å². The van der Waals surface area contributed by atoms with Crippen LogP contribution in [-0.2, 0) is 21.3 Å². The molecule has 0 amide bonds. The highest BCUT2D eigenvalue weighted by atomic mass is 32.2. The first kappa shape index (κ1) is 20.0. The zero-order chi connectivity index (χ0) is 21.3. The smallest absolute Gasteiger partial charge is 0.144 e. The molecule has 3 aromatic carbocycles. The number of carbonyl (C=O) groups is 1. The highest BCUT2D eigenvalue weighted by Gasteiger charge is 2.31. The highest BCUT2D eigenvalue weighted by Crippen LogP contribution is 2.46. The van der Waals surface area contributed by atoms with Crippen molar-refractivity contribution in [3.8, 4) is 5.75 Å². The molecule has 0 radical (unpaired) electrons. The second-order valence-electron chi connectivity index (χ2n) is 7.19. The molecule has 4 rings (SSSR count). The number of hydrogen-bond donors (Lipinski definition) is 1. The monoisotopic (exact) mass is 422 g/mol. The zero-order valence-corrected chi connectivity index (χ0v) is 17.1. The number of aldehydes is 1. The van der Waals surface area contributed by atoms with Gasteiger partial charge in [0.25, 0.3) is 0 Å². The molecule has 0 fully saturated rings. The maximum absolute atomic E-state index is 13.5. The second-order valence-corrected chi connectivity index (χ2v) is 8.18. The van der Waals surface area contributed by atoms with Crippen LogP contribution in [0.1, 0.15) is 33.7 Å². The van der Waals surface area contributed by atoms with E-state index >= 15 is 0 Å². The minimum absolute atomic E-state index is 0.0423. The minimum Gasteiger partial charge on any atom is -0.456 e. The number of benzene rings is 3. The average molecular weight is 422 g/mol. The maximum atomic E-state index is 13.5. The molecule has 1 aliphatic rings. The molecule has 0 bridgehead atoms. The fourth-order valence-electron chi connectivity index (χ4n) is 3.67. The van der Waals surface area contributed by atoms with Crippen molar-refractivity contribution < 1.29 is 22.3 Å². The lowest BCUT2D eigenvalue weighted by Crippen LogP contribution is -2.16. The number of hydrogen-bond acceptors (Lipinski definition) is 4. The molecule has 0 N–H and O–H groups in total. The molecule has 0 saturated carbocycles. The molecular weight excluding hydrogens is 403 g/mol. The quantitative estimate of drug-likeness (QED) is 0.486. The summed E-state index contributed by atoms with van der Waals surface area (Å²) in [4.78, 5) is 12.2. The van der Waals surface area contributed by atoms with Crippen molar-refractivity contribution in [1.29, 1.82) is 0 Å². The Bertz CT molecular complexity index is 1200. The predicted molar refractivity (Wildman–Crippen MR) is 114 cm³/mol. The number of ether oxygens (including phenoxy) is 1. The van der Waals surface area contributed by atoms with Gasteiger partial charge in [-0.1, -0.05) is 54.1 Å². The molecule has 0 aromatic heterocycles. The predicted octanol–water partition coefficient (Wildman–Crippen LogP) is 4.49. The molecule has 0 aliphatic carbocycles. The largest absolute Gasteiger partial charge is 0.456 e. The molecule has 3 aromatic rings. The van der Waals surface area contributed by atoms with Crippen molar-refractivity contribution in [2.24, 2.45) is 0 Å². The molecule has 1 unspecified atom stereocenters. The normalized spacial score (nSPS) is 15.6. The van der Waals surface area contributed by atoms with Gasteiger partial charge in [-0.25, -0.2) is 12.8 Å². The molecule has 0 spiro atoms. The first-order valence-corrected chi connectivity index (χ1v) is 10.8. The van der Waals surface area contributed by atoms with Gasteiger partial charge in [-0.2, -0.15) is 0 Å². The third-order valence-corrected chi connectivity index (χ3v) is 5.71. The lowest BCUT2D eigenvalue weighted by molar-refractivity contribution is -0.108. The molecule has 152 valence electrons. The summed E-state index contributed by atoms with van der Waals surface area (Å²) in [6.07, 6.45) is 0.871. The van der Waals surface area contributed by atoms with E-state index in [-0.39, 0.29) is 11.6 Å². The summed E-state index contributed by atoms with van der Waals surface area (Å²) in [5, 5.41) is 0. The van der Waals surface area contributed by atoms with Crippen LogP contribution in [-0.4, -0.2) is 14.7 Å². The Balaban J connectivity index is 1.91. The van der Waals surface area contributed by atoms with Crippen molar-refractivity contribution >= 4 is 28.3 Å². The van der Waals surface area contributed by atoms with Gasteiger partial charge in [0.1, 0.15) is 34.3 Å². The number of allylic oxidation sites excluding steroid dienone is 1. The fourth-order valence-corrected chi connectivity index (χ4v) is 4.18. The van der Waals surface area contributed by atoms with Crippen LogP contribution < -0.4 is 4.74 Å². The van der Waals surface area contributed by atoms with Gasteiger partial charge >= 0.3 is 0 Å². The van der Waals surface area contributed by atoms with Crippen molar-refractivity contribution in [2.75, 3.05) is 0 Å². The molecular formula is C24H19FO4S. The molecule has 6 heteroatoms. The van der Waals surface area contributed by atoms with E-state index < -0.39 is 16.6 Å². The van der Waals surface area contributed by atoms with Crippen molar-refractivity contribution in [2.45, 2.75) is 18.6 Å². The lowest BCUT2D eigenvalue weighted by Gasteiger charge is -2.29. The van der Waals surface area contributed by atoms with Crippen LogP contribution in [0.3, 0.4) is 0 Å². The van der Waals surface area contributed by atoms with Crippen LogP contribution in [0.5, 0.6) is 5.75 Å². The van der Waals surface area contributed by atoms with Gasteiger partial charge in [-0.3, -0.25) is 0 Å². The molecule has 0 saturated heterocycles. The van der Waals surface area contributed by atoms with Crippen LogP contribution in [0, 0.1) is 12.7 Å². The van der Waals surface area contributed by atoms with E-state index in [1.165, 1.54) is 12.1 Å². The van der Waals surface area contributed by atoms with E-state index in [9.17, 15) is 17.6 Å². The molecule has 1 heterocycles. The number of fused-ring (bicyclic) bond motifs is 1. The Morgan fingerprint density at radius 3 is 2.27 bits per heavy atom. The lowest BCUT2D eigenvalue weighted by atomic mass is 9.83. The number of rotatable bonds is 5. The van der Waals surface area contributed by atoms with Gasteiger partial charge in [0.05, 0.1) is 11.7 Å². The van der Waals surface area contributed by atoms with Gasteiger partial charge in [-0.15, -0.1) is 0 Å². The standard InChI is InChI=1S/C24H19FO4S/c1-15-2-11-22-20(12-15)21(13-26)23(17-7-9-19(25)10-8-17)24(29-22)18-5-3-16(4-6-18)14-30(27)28/h2-13,21,30H,14H2,1H3. The van der Waals surface area contributed by atoms with Crippen LogP contribution in [0.4, 0.5) is 4.39 Å². The van der Waals surface area contributed by atoms with Crippen LogP contribution in [0.2, 0.25) is 0 Å². The van der Waals surface area contributed by atoms with Crippen LogP contribution in [0.15, 0.2) is 66.7 Å².